The third-order valence-electron chi connectivity index (χ3n) is 3.96. The minimum Gasteiger partial charge on any atom is -0.486 e. The molecule has 5 nitrogen and oxygen atoms in total. The molecule has 0 aliphatic carbocycles. The van der Waals surface area contributed by atoms with Gasteiger partial charge in [-0.05, 0) is 18.6 Å². The van der Waals surface area contributed by atoms with E-state index in [1.165, 1.54) is 29.5 Å². The second-order valence-electron chi connectivity index (χ2n) is 5.73. The van der Waals surface area contributed by atoms with Crippen molar-refractivity contribution >= 4 is 32.6 Å². The van der Waals surface area contributed by atoms with Crippen LogP contribution in [-0.2, 0) is 11.2 Å². The van der Waals surface area contributed by atoms with Crippen LogP contribution in [0.1, 0.15) is 12.0 Å². The number of ether oxygens (including phenoxy) is 2. The molecule has 26 heavy (non-hydrogen) atoms. The largest absolute Gasteiger partial charge is 0.486 e. The maximum Gasteiger partial charge on any atom is 0.226 e. The molecule has 0 fully saturated rings. The Balaban J connectivity index is 1.46. The average molecular weight is 376 g/mol. The van der Waals surface area contributed by atoms with E-state index in [4.69, 9.17) is 9.47 Å². The van der Waals surface area contributed by atoms with Gasteiger partial charge in [0.15, 0.2) is 16.6 Å². The van der Waals surface area contributed by atoms with E-state index in [1.807, 2.05) is 6.07 Å². The quantitative estimate of drug-likeness (QED) is 0.750. The van der Waals surface area contributed by atoms with Crippen LogP contribution in [0.5, 0.6) is 11.5 Å². The van der Waals surface area contributed by atoms with E-state index in [0.717, 1.165) is 4.70 Å². The van der Waals surface area contributed by atoms with Gasteiger partial charge in [0, 0.05) is 24.1 Å². The van der Waals surface area contributed by atoms with Crippen LogP contribution in [0.25, 0.3) is 10.2 Å². The normalized spacial score (nSPS) is 13.0. The van der Waals surface area contributed by atoms with Crippen LogP contribution in [0.15, 0.2) is 30.3 Å². The Morgan fingerprint density at radius 3 is 2.58 bits per heavy atom. The molecule has 1 aliphatic heterocycles. The van der Waals surface area contributed by atoms with E-state index in [2.05, 4.69) is 10.3 Å². The molecule has 1 amide bonds. The minimum absolute atomic E-state index is 0.0226. The highest BCUT2D eigenvalue weighted by molar-refractivity contribution is 7.22. The summed E-state index contributed by atoms with van der Waals surface area (Å²) >= 11 is 1.30. The molecule has 0 saturated carbocycles. The number of halogens is 2. The summed E-state index contributed by atoms with van der Waals surface area (Å²) in [6.07, 6.45) is -0.0677. The highest BCUT2D eigenvalue weighted by atomic mass is 32.1. The zero-order chi connectivity index (χ0) is 18.1. The molecule has 2 aromatic carbocycles. The molecular weight excluding hydrogens is 362 g/mol. The summed E-state index contributed by atoms with van der Waals surface area (Å²) in [6, 6.07) is 7.24. The summed E-state index contributed by atoms with van der Waals surface area (Å²) in [5.41, 5.74) is 0.601. The van der Waals surface area contributed by atoms with Crippen molar-refractivity contribution in [2.24, 2.45) is 0 Å². The van der Waals surface area contributed by atoms with Crippen molar-refractivity contribution in [3.05, 3.63) is 47.5 Å². The Morgan fingerprint density at radius 2 is 1.85 bits per heavy atom. The van der Waals surface area contributed by atoms with Crippen LogP contribution in [0.3, 0.4) is 0 Å². The van der Waals surface area contributed by atoms with Gasteiger partial charge in [-0.2, -0.15) is 0 Å². The molecular formula is C18H14F2N2O3S. The number of hydrogen-bond donors (Lipinski definition) is 1. The van der Waals surface area contributed by atoms with E-state index >= 15 is 0 Å². The van der Waals surface area contributed by atoms with E-state index in [0.29, 0.717) is 35.4 Å². The monoisotopic (exact) mass is 376 g/mol. The summed E-state index contributed by atoms with van der Waals surface area (Å²) in [5, 5.41) is 3.09. The van der Waals surface area contributed by atoms with Crippen LogP contribution < -0.4 is 14.8 Å². The number of anilines is 1. The number of amides is 1. The van der Waals surface area contributed by atoms with Gasteiger partial charge in [-0.25, -0.2) is 13.8 Å². The van der Waals surface area contributed by atoms with Crippen molar-refractivity contribution in [2.75, 3.05) is 18.5 Å². The summed E-state index contributed by atoms with van der Waals surface area (Å²) in [6.45, 7) is 0.979. The number of benzene rings is 2. The molecule has 134 valence electrons. The number of hydrogen-bond acceptors (Lipinski definition) is 5. The molecule has 0 bridgehead atoms. The fraction of sp³-hybridized carbons (Fsp3) is 0.222. The first-order valence-electron chi connectivity index (χ1n) is 8.03. The second-order valence-corrected chi connectivity index (χ2v) is 6.76. The maximum atomic E-state index is 13.6. The van der Waals surface area contributed by atoms with E-state index in [-0.39, 0.29) is 24.3 Å². The highest BCUT2D eigenvalue weighted by Crippen LogP contribution is 2.37. The van der Waals surface area contributed by atoms with Gasteiger partial charge in [0.2, 0.25) is 5.91 Å². The maximum absolute atomic E-state index is 13.6. The van der Waals surface area contributed by atoms with Crippen molar-refractivity contribution < 1.29 is 23.0 Å². The first-order chi connectivity index (χ1) is 12.6. The van der Waals surface area contributed by atoms with Gasteiger partial charge in [0.1, 0.15) is 24.8 Å². The van der Waals surface area contributed by atoms with Crippen LogP contribution in [-0.4, -0.2) is 24.1 Å². The highest BCUT2D eigenvalue weighted by Gasteiger charge is 2.16. The molecule has 8 heteroatoms. The van der Waals surface area contributed by atoms with Gasteiger partial charge in [0.05, 0.1) is 10.2 Å². The molecule has 1 N–H and O–H groups in total. The number of nitrogens with zero attached hydrogens (tertiary/aromatic N) is 1. The summed E-state index contributed by atoms with van der Waals surface area (Å²) < 4.78 is 39.1. The number of thiazole rings is 1. The number of carbonyl (C=O) groups excluding carboxylic acids is 1. The number of nitrogens with one attached hydrogen (secondary N) is 1. The minimum atomic E-state index is -0.650. The number of rotatable bonds is 4. The Hall–Kier alpha value is -2.74. The van der Waals surface area contributed by atoms with Gasteiger partial charge in [-0.1, -0.05) is 17.4 Å². The Kier molecular flexibility index (Phi) is 4.42. The lowest BCUT2D eigenvalue weighted by Gasteiger charge is -2.17. The molecule has 0 atom stereocenters. The van der Waals surface area contributed by atoms with Crippen molar-refractivity contribution in [3.8, 4) is 11.5 Å². The fourth-order valence-electron chi connectivity index (χ4n) is 2.71. The Bertz CT molecular complexity index is 927. The van der Waals surface area contributed by atoms with Crippen molar-refractivity contribution in [1.29, 1.82) is 0 Å². The van der Waals surface area contributed by atoms with E-state index in [9.17, 15) is 13.6 Å². The lowest BCUT2D eigenvalue weighted by Crippen LogP contribution is -2.15. The van der Waals surface area contributed by atoms with Crippen LogP contribution in [0.2, 0.25) is 0 Å². The topological polar surface area (TPSA) is 60.5 Å². The average Bonchev–Trinajstić information content (AvgIpc) is 3.00. The molecule has 1 aliphatic rings. The molecule has 2 heterocycles. The SMILES string of the molecule is O=C(CCc1c(F)cccc1F)Nc1nc2cc3c(cc2s1)OCCO3. The predicted molar refractivity (Wildman–Crippen MR) is 93.9 cm³/mol. The molecule has 3 aromatic rings. The fourth-order valence-corrected chi connectivity index (χ4v) is 3.60. The van der Waals surface area contributed by atoms with Crippen LogP contribution in [0.4, 0.5) is 13.9 Å². The second kappa shape index (κ2) is 6.87. The zero-order valence-corrected chi connectivity index (χ0v) is 14.4. The van der Waals surface area contributed by atoms with Gasteiger partial charge in [-0.3, -0.25) is 4.79 Å². The third kappa shape index (κ3) is 3.32. The van der Waals surface area contributed by atoms with Gasteiger partial charge in [0.25, 0.3) is 0 Å². The van der Waals surface area contributed by atoms with Crippen LogP contribution >= 0.6 is 11.3 Å². The number of fused-ring (bicyclic) bond motifs is 2. The third-order valence-corrected chi connectivity index (χ3v) is 4.90. The summed E-state index contributed by atoms with van der Waals surface area (Å²) in [7, 11) is 0. The lowest BCUT2D eigenvalue weighted by molar-refractivity contribution is -0.116. The summed E-state index contributed by atoms with van der Waals surface area (Å²) in [4.78, 5) is 16.5. The van der Waals surface area contributed by atoms with E-state index < -0.39 is 11.6 Å². The van der Waals surface area contributed by atoms with Crippen LogP contribution in [0, 0.1) is 11.6 Å². The first kappa shape index (κ1) is 16.7. The smallest absolute Gasteiger partial charge is 0.226 e. The zero-order valence-electron chi connectivity index (χ0n) is 13.6. The molecule has 0 unspecified atom stereocenters. The van der Waals surface area contributed by atoms with Crippen molar-refractivity contribution in [1.82, 2.24) is 4.98 Å². The van der Waals surface area contributed by atoms with Crippen molar-refractivity contribution in [2.45, 2.75) is 12.8 Å². The standard InChI is InChI=1S/C18H14F2N2O3S/c19-11-2-1-3-12(20)10(11)4-5-17(23)22-18-21-13-8-14-15(9-16(13)26-18)25-7-6-24-14/h1-3,8-9H,4-7H2,(H,21,22,23). The molecule has 0 saturated heterocycles. The Labute approximate surface area is 151 Å². The number of aromatic nitrogens is 1. The predicted octanol–water partition coefficient (Wildman–Crippen LogP) is 3.92. The lowest BCUT2D eigenvalue weighted by atomic mass is 10.1. The Morgan fingerprint density at radius 1 is 1.15 bits per heavy atom. The van der Waals surface area contributed by atoms with Gasteiger partial charge < -0.3 is 14.8 Å². The summed E-state index contributed by atoms with van der Waals surface area (Å²) in [5.74, 6) is -0.377. The first-order valence-corrected chi connectivity index (χ1v) is 8.85. The molecule has 1 aromatic heterocycles. The van der Waals surface area contributed by atoms with Crippen molar-refractivity contribution in [3.63, 3.8) is 0 Å². The van der Waals surface area contributed by atoms with Gasteiger partial charge in [-0.15, -0.1) is 0 Å². The molecule has 0 radical (unpaired) electrons. The molecule has 4 rings (SSSR count). The molecule has 0 spiro atoms. The number of carbonyl (C=O) groups is 1. The van der Waals surface area contributed by atoms with Gasteiger partial charge >= 0.3 is 0 Å². The van der Waals surface area contributed by atoms with E-state index in [1.54, 1.807) is 6.07 Å².